The molecule has 13 heteroatoms. The number of carbonyl (C=O) groups excluding carboxylic acids is 2. The van der Waals surface area contributed by atoms with E-state index < -0.39 is 36.1 Å². The van der Waals surface area contributed by atoms with Crippen LogP contribution in [0.25, 0.3) is 11.3 Å². The first-order chi connectivity index (χ1) is 19.4. The molecule has 13 nitrogen and oxygen atoms in total. The van der Waals surface area contributed by atoms with Crippen molar-refractivity contribution in [3.8, 4) is 11.3 Å². The number of benzene rings is 2. The smallest absolute Gasteiger partial charge is 0.294 e. The minimum atomic E-state index is -1.26. The van der Waals surface area contributed by atoms with Crippen molar-refractivity contribution in [1.82, 2.24) is 20.2 Å². The van der Waals surface area contributed by atoms with Crippen LogP contribution >= 0.6 is 0 Å². The third-order valence-electron chi connectivity index (χ3n) is 6.16. The van der Waals surface area contributed by atoms with Crippen LogP contribution in [0.5, 0.6) is 0 Å². The summed E-state index contributed by atoms with van der Waals surface area (Å²) in [4.78, 5) is 43.6. The Morgan fingerprint density at radius 1 is 1.10 bits per heavy atom. The van der Waals surface area contributed by atoms with Crippen LogP contribution in [0.3, 0.4) is 0 Å². The van der Waals surface area contributed by atoms with Crippen LogP contribution in [0.4, 0.5) is 11.5 Å². The number of nitrogen functional groups attached to an aromatic ring is 2. The number of aromatic nitrogens is 2. The zero-order chi connectivity index (χ0) is 30.3. The van der Waals surface area contributed by atoms with E-state index >= 15 is 0 Å². The van der Waals surface area contributed by atoms with Gasteiger partial charge in [-0.1, -0.05) is 24.3 Å². The summed E-state index contributed by atoms with van der Waals surface area (Å²) < 4.78 is 1.24. The van der Waals surface area contributed by atoms with Crippen molar-refractivity contribution >= 4 is 29.2 Å². The number of aliphatic hydroxyl groups excluding tert-OH is 2. The minimum absolute atomic E-state index is 0.0555. The van der Waals surface area contributed by atoms with E-state index in [0.29, 0.717) is 11.1 Å². The van der Waals surface area contributed by atoms with Crippen LogP contribution in [-0.4, -0.2) is 62.2 Å². The van der Waals surface area contributed by atoms with Crippen molar-refractivity contribution < 1.29 is 19.8 Å². The fourth-order valence-electron chi connectivity index (χ4n) is 3.86. The number of aliphatic hydroxyl groups is 2. The fraction of sp³-hybridized carbons (Fsp3) is 0.321. The van der Waals surface area contributed by atoms with Gasteiger partial charge in [-0.25, -0.2) is 4.98 Å². The van der Waals surface area contributed by atoms with Gasteiger partial charge in [0.15, 0.2) is 5.82 Å². The molecule has 0 radical (unpaired) electrons. The molecule has 10 N–H and O–H groups in total. The predicted molar refractivity (Wildman–Crippen MR) is 156 cm³/mol. The van der Waals surface area contributed by atoms with Crippen molar-refractivity contribution in [3.05, 3.63) is 75.7 Å². The largest absolute Gasteiger partial charge is 0.399 e. The molecule has 0 unspecified atom stereocenters. The molecule has 218 valence electrons. The van der Waals surface area contributed by atoms with Crippen molar-refractivity contribution in [1.29, 1.82) is 5.41 Å². The van der Waals surface area contributed by atoms with E-state index in [1.54, 1.807) is 30.3 Å². The molecular formula is C28H36N8O5. The first kappa shape index (κ1) is 30.8. The van der Waals surface area contributed by atoms with Gasteiger partial charge in [0.1, 0.15) is 12.4 Å². The Morgan fingerprint density at radius 2 is 1.76 bits per heavy atom. The van der Waals surface area contributed by atoms with Crippen LogP contribution in [0.15, 0.2) is 53.5 Å². The molecule has 0 aliphatic heterocycles. The summed E-state index contributed by atoms with van der Waals surface area (Å²) in [6.07, 6.45) is 1.42. The van der Waals surface area contributed by atoms with Gasteiger partial charge in [0, 0.05) is 35.0 Å². The molecule has 0 aliphatic carbocycles. The van der Waals surface area contributed by atoms with E-state index in [0.717, 1.165) is 5.56 Å². The van der Waals surface area contributed by atoms with E-state index in [-0.39, 0.29) is 47.7 Å². The van der Waals surface area contributed by atoms with Crippen molar-refractivity contribution in [2.75, 3.05) is 24.3 Å². The molecule has 3 rings (SSSR count). The third kappa shape index (κ3) is 7.90. The molecule has 0 saturated carbocycles. The summed E-state index contributed by atoms with van der Waals surface area (Å²) in [6, 6.07) is 11.2. The number of anilines is 2. The average molecular weight is 565 g/mol. The Kier molecular flexibility index (Phi) is 9.81. The van der Waals surface area contributed by atoms with Crippen LogP contribution in [-0.2, 0) is 17.9 Å². The average Bonchev–Trinajstić information content (AvgIpc) is 2.93. The van der Waals surface area contributed by atoms with Crippen LogP contribution in [0.1, 0.15) is 42.3 Å². The highest BCUT2D eigenvalue weighted by Gasteiger charge is 2.26. The second kappa shape index (κ2) is 13.1. The van der Waals surface area contributed by atoms with Crippen molar-refractivity contribution in [2.45, 2.75) is 45.4 Å². The lowest BCUT2D eigenvalue weighted by Gasteiger charge is -2.26. The van der Waals surface area contributed by atoms with Crippen LogP contribution in [0.2, 0.25) is 0 Å². The van der Waals surface area contributed by atoms with E-state index in [2.05, 4.69) is 20.9 Å². The number of amides is 2. The van der Waals surface area contributed by atoms with Gasteiger partial charge in [0.2, 0.25) is 5.91 Å². The molecule has 1 heterocycles. The Hall–Kier alpha value is -4.75. The number of nitrogens with one attached hydrogen (secondary N) is 4. The van der Waals surface area contributed by atoms with E-state index in [4.69, 9.17) is 16.9 Å². The number of carbonyl (C=O) groups is 2. The second-order valence-corrected chi connectivity index (χ2v) is 10.2. The number of nitrogens with zero attached hydrogens (tertiary/aromatic N) is 2. The standard InChI is InChI=1S/C28H36N8O5/c1-16(2)34-25-27(41)36(13-23(39)32-11-17-4-6-18(7-5-17)24(30)31)22(12-33-25)19-8-20(10-21(29)9-19)26(40)35-28(3,14-37)15-38/h4-10,12,16,37-38H,11,13-15,29H2,1-3H3,(H3,30,31)(H,32,39)(H,33,34)(H,35,40). The Balaban J connectivity index is 1.95. The summed E-state index contributed by atoms with van der Waals surface area (Å²) in [5.74, 6) is -1.05. The fourth-order valence-corrected chi connectivity index (χ4v) is 3.86. The summed E-state index contributed by atoms with van der Waals surface area (Å²) >= 11 is 0. The number of hydrogen-bond acceptors (Lipinski definition) is 9. The van der Waals surface area contributed by atoms with Gasteiger partial charge in [-0.3, -0.25) is 24.4 Å². The zero-order valence-electron chi connectivity index (χ0n) is 23.2. The minimum Gasteiger partial charge on any atom is -0.399 e. The van der Waals surface area contributed by atoms with Gasteiger partial charge < -0.3 is 37.6 Å². The molecule has 1 aromatic heterocycles. The predicted octanol–water partition coefficient (Wildman–Crippen LogP) is 0.386. The lowest BCUT2D eigenvalue weighted by molar-refractivity contribution is -0.121. The van der Waals surface area contributed by atoms with Gasteiger partial charge in [-0.05, 0) is 44.5 Å². The van der Waals surface area contributed by atoms with Gasteiger partial charge >= 0.3 is 0 Å². The molecule has 0 spiro atoms. The lowest BCUT2D eigenvalue weighted by atomic mass is 10.0. The number of rotatable bonds is 12. The first-order valence-electron chi connectivity index (χ1n) is 12.9. The number of hydrogen-bond donors (Lipinski definition) is 8. The maximum absolute atomic E-state index is 13.4. The van der Waals surface area contributed by atoms with Gasteiger partial charge in [-0.2, -0.15) is 0 Å². The Labute approximate surface area is 237 Å². The highest BCUT2D eigenvalue weighted by Crippen LogP contribution is 2.24. The highest BCUT2D eigenvalue weighted by atomic mass is 16.3. The molecule has 0 saturated heterocycles. The zero-order valence-corrected chi connectivity index (χ0v) is 23.2. The molecule has 0 aliphatic rings. The number of amidine groups is 1. The molecule has 2 aromatic carbocycles. The molecule has 0 bridgehead atoms. The maximum Gasteiger partial charge on any atom is 0.294 e. The number of nitrogens with two attached hydrogens (primary N) is 2. The molecule has 0 atom stereocenters. The molecular weight excluding hydrogens is 528 g/mol. The summed E-state index contributed by atoms with van der Waals surface area (Å²) in [5, 5.41) is 34.9. The topological polar surface area (TPSA) is 221 Å². The van der Waals surface area contributed by atoms with E-state index in [9.17, 15) is 24.6 Å². The van der Waals surface area contributed by atoms with Gasteiger partial charge in [-0.15, -0.1) is 0 Å². The van der Waals surface area contributed by atoms with Crippen LogP contribution in [0, 0.1) is 5.41 Å². The second-order valence-electron chi connectivity index (χ2n) is 10.2. The van der Waals surface area contributed by atoms with E-state index in [1.807, 2.05) is 13.8 Å². The van der Waals surface area contributed by atoms with Gasteiger partial charge in [0.05, 0.1) is 30.6 Å². The van der Waals surface area contributed by atoms with Crippen molar-refractivity contribution in [3.63, 3.8) is 0 Å². The van der Waals surface area contributed by atoms with Crippen LogP contribution < -0.4 is 33.0 Å². The van der Waals surface area contributed by atoms with Crippen molar-refractivity contribution in [2.24, 2.45) is 5.73 Å². The monoisotopic (exact) mass is 564 g/mol. The van der Waals surface area contributed by atoms with Gasteiger partial charge in [0.25, 0.3) is 11.5 Å². The normalized spacial score (nSPS) is 11.3. The molecule has 3 aromatic rings. The summed E-state index contributed by atoms with van der Waals surface area (Å²) in [7, 11) is 0. The maximum atomic E-state index is 13.4. The molecule has 0 fully saturated rings. The SMILES string of the molecule is CC(C)Nc1ncc(-c2cc(N)cc(C(=O)NC(C)(CO)CO)c2)n(CC(=O)NCc2ccc(C(=N)N)cc2)c1=O. The quantitative estimate of drug-likeness (QED) is 0.0864. The summed E-state index contributed by atoms with van der Waals surface area (Å²) in [6.45, 7) is 4.02. The molecule has 41 heavy (non-hydrogen) atoms. The highest BCUT2D eigenvalue weighted by molar-refractivity contribution is 5.97. The lowest BCUT2D eigenvalue weighted by Crippen LogP contribution is -2.51. The molecule has 2 amide bonds. The third-order valence-corrected chi connectivity index (χ3v) is 6.16. The summed E-state index contributed by atoms with van der Waals surface area (Å²) in [5.41, 5.74) is 12.0. The Bertz CT molecular complexity index is 1480. The Morgan fingerprint density at radius 3 is 2.34 bits per heavy atom. The first-order valence-corrected chi connectivity index (χ1v) is 12.9. The van der Waals surface area contributed by atoms with E-state index in [1.165, 1.54) is 29.8 Å².